The van der Waals surface area contributed by atoms with Gasteiger partial charge in [0.2, 0.25) is 11.8 Å². The molecule has 1 amide bonds. The van der Waals surface area contributed by atoms with Crippen LogP contribution in [0.2, 0.25) is 0 Å². The number of nitrogens with one attached hydrogen (secondary N) is 1. The number of hydrogen-bond acceptors (Lipinski definition) is 5. The molecule has 1 aromatic heterocycles. The van der Waals surface area contributed by atoms with Gasteiger partial charge in [0.1, 0.15) is 11.9 Å². The SMILES string of the molecule is CCOc1nc(NC2CCN(C)C2=O)ccc1N. The molecule has 6 heteroatoms. The molecule has 1 aliphatic heterocycles. The Labute approximate surface area is 106 Å². The Morgan fingerprint density at radius 1 is 1.61 bits per heavy atom. The number of anilines is 2. The molecule has 0 radical (unpaired) electrons. The van der Waals surface area contributed by atoms with Gasteiger partial charge in [0.15, 0.2) is 0 Å². The van der Waals surface area contributed by atoms with Crippen LogP contribution in [0.15, 0.2) is 12.1 Å². The minimum Gasteiger partial charge on any atom is -0.476 e. The second-order valence-electron chi connectivity index (χ2n) is 4.27. The molecule has 0 aliphatic carbocycles. The van der Waals surface area contributed by atoms with E-state index in [9.17, 15) is 4.79 Å². The molecule has 0 aromatic carbocycles. The smallest absolute Gasteiger partial charge is 0.244 e. The molecule has 6 nitrogen and oxygen atoms in total. The molecule has 1 atom stereocenters. The van der Waals surface area contributed by atoms with E-state index in [-0.39, 0.29) is 11.9 Å². The van der Waals surface area contributed by atoms with Gasteiger partial charge in [-0.05, 0) is 25.5 Å². The van der Waals surface area contributed by atoms with E-state index in [0.717, 1.165) is 13.0 Å². The number of ether oxygens (including phenoxy) is 1. The Morgan fingerprint density at radius 3 is 3.00 bits per heavy atom. The lowest BCUT2D eigenvalue weighted by atomic mass is 10.2. The number of carbonyl (C=O) groups is 1. The van der Waals surface area contributed by atoms with Crippen LogP contribution in [-0.2, 0) is 4.79 Å². The van der Waals surface area contributed by atoms with Gasteiger partial charge in [0, 0.05) is 13.6 Å². The summed E-state index contributed by atoms with van der Waals surface area (Å²) in [5.41, 5.74) is 6.24. The Balaban J connectivity index is 2.10. The van der Waals surface area contributed by atoms with Crippen molar-refractivity contribution in [2.75, 3.05) is 31.2 Å². The molecule has 2 rings (SSSR count). The summed E-state index contributed by atoms with van der Waals surface area (Å²) < 4.78 is 5.32. The fourth-order valence-electron chi connectivity index (χ4n) is 1.92. The highest BCUT2D eigenvalue weighted by molar-refractivity contribution is 5.86. The second kappa shape index (κ2) is 5.12. The minimum absolute atomic E-state index is 0.0894. The molecule has 3 N–H and O–H groups in total. The molecule has 0 spiro atoms. The number of aromatic nitrogens is 1. The Kier molecular flexibility index (Phi) is 3.55. The van der Waals surface area contributed by atoms with Crippen molar-refractivity contribution in [3.8, 4) is 5.88 Å². The summed E-state index contributed by atoms with van der Waals surface area (Å²) in [6.45, 7) is 3.15. The van der Waals surface area contributed by atoms with E-state index < -0.39 is 0 Å². The summed E-state index contributed by atoms with van der Waals surface area (Å²) in [5, 5.41) is 3.11. The third-order valence-corrected chi connectivity index (χ3v) is 2.92. The first-order valence-electron chi connectivity index (χ1n) is 6.02. The van der Waals surface area contributed by atoms with Gasteiger partial charge >= 0.3 is 0 Å². The van der Waals surface area contributed by atoms with Gasteiger partial charge < -0.3 is 20.7 Å². The van der Waals surface area contributed by atoms with E-state index in [1.165, 1.54) is 0 Å². The largest absolute Gasteiger partial charge is 0.476 e. The zero-order valence-electron chi connectivity index (χ0n) is 10.6. The van der Waals surface area contributed by atoms with Crippen LogP contribution in [0.4, 0.5) is 11.5 Å². The molecule has 1 saturated heterocycles. The molecule has 0 saturated carbocycles. The van der Waals surface area contributed by atoms with E-state index in [2.05, 4.69) is 10.3 Å². The highest BCUT2D eigenvalue weighted by atomic mass is 16.5. The lowest BCUT2D eigenvalue weighted by Crippen LogP contribution is -2.31. The third kappa shape index (κ3) is 2.47. The monoisotopic (exact) mass is 250 g/mol. The zero-order chi connectivity index (χ0) is 13.1. The fraction of sp³-hybridized carbons (Fsp3) is 0.500. The number of carbonyl (C=O) groups excluding carboxylic acids is 1. The van der Waals surface area contributed by atoms with Gasteiger partial charge in [0.25, 0.3) is 0 Å². The summed E-state index contributed by atoms with van der Waals surface area (Å²) in [7, 11) is 1.80. The van der Waals surface area contributed by atoms with Crippen LogP contribution in [0.3, 0.4) is 0 Å². The molecule has 1 fully saturated rings. The molecule has 2 heterocycles. The molecule has 1 aliphatic rings. The van der Waals surface area contributed by atoms with Crippen LogP contribution in [0.1, 0.15) is 13.3 Å². The summed E-state index contributed by atoms with van der Waals surface area (Å²) in [6.07, 6.45) is 0.783. The first-order chi connectivity index (χ1) is 8.61. The Bertz CT molecular complexity index is 450. The van der Waals surface area contributed by atoms with E-state index >= 15 is 0 Å². The number of nitrogens with zero attached hydrogens (tertiary/aromatic N) is 2. The van der Waals surface area contributed by atoms with Crippen LogP contribution >= 0.6 is 0 Å². The predicted molar refractivity (Wildman–Crippen MR) is 69.5 cm³/mol. The third-order valence-electron chi connectivity index (χ3n) is 2.92. The minimum atomic E-state index is -0.208. The highest BCUT2D eigenvalue weighted by Crippen LogP contribution is 2.22. The van der Waals surface area contributed by atoms with Crippen LogP contribution in [0, 0.1) is 0 Å². The molecule has 98 valence electrons. The van der Waals surface area contributed by atoms with Crippen molar-refractivity contribution in [1.29, 1.82) is 0 Å². The number of hydrogen-bond donors (Lipinski definition) is 2. The number of amides is 1. The normalized spacial score (nSPS) is 19.1. The predicted octanol–water partition coefficient (Wildman–Crippen LogP) is 0.705. The van der Waals surface area contributed by atoms with Crippen LogP contribution in [-0.4, -0.2) is 42.0 Å². The first-order valence-corrected chi connectivity index (χ1v) is 6.02. The molecular formula is C12H18N4O2. The van der Waals surface area contributed by atoms with Crippen molar-refractivity contribution < 1.29 is 9.53 Å². The summed E-state index contributed by atoms with van der Waals surface area (Å²) in [6, 6.07) is 3.27. The molecule has 1 aromatic rings. The highest BCUT2D eigenvalue weighted by Gasteiger charge is 2.29. The zero-order valence-corrected chi connectivity index (χ0v) is 10.6. The van der Waals surface area contributed by atoms with Crippen LogP contribution < -0.4 is 15.8 Å². The van der Waals surface area contributed by atoms with Crippen LogP contribution in [0.25, 0.3) is 0 Å². The summed E-state index contributed by atoms with van der Waals surface area (Å²) in [4.78, 5) is 17.7. The van der Waals surface area contributed by atoms with Gasteiger partial charge in [-0.1, -0.05) is 0 Å². The number of likely N-dealkylation sites (tertiary alicyclic amines) is 1. The van der Waals surface area contributed by atoms with Gasteiger partial charge in [-0.25, -0.2) is 0 Å². The van der Waals surface area contributed by atoms with Crippen molar-refractivity contribution in [3.05, 3.63) is 12.1 Å². The number of rotatable bonds is 4. The first kappa shape index (κ1) is 12.5. The van der Waals surface area contributed by atoms with Gasteiger partial charge in [0.05, 0.1) is 12.3 Å². The van der Waals surface area contributed by atoms with Crippen molar-refractivity contribution in [2.24, 2.45) is 0 Å². The Hall–Kier alpha value is -1.98. The fourth-order valence-corrected chi connectivity index (χ4v) is 1.92. The van der Waals surface area contributed by atoms with Gasteiger partial charge in [-0.15, -0.1) is 0 Å². The maximum absolute atomic E-state index is 11.8. The van der Waals surface area contributed by atoms with Crippen molar-refractivity contribution in [1.82, 2.24) is 9.88 Å². The molecule has 0 bridgehead atoms. The van der Waals surface area contributed by atoms with Crippen LogP contribution in [0.5, 0.6) is 5.88 Å². The quantitative estimate of drug-likeness (QED) is 0.822. The topological polar surface area (TPSA) is 80.5 Å². The average Bonchev–Trinajstić information content (AvgIpc) is 2.66. The molecular weight excluding hydrogens is 232 g/mol. The van der Waals surface area contributed by atoms with Gasteiger partial charge in [-0.3, -0.25) is 4.79 Å². The van der Waals surface area contributed by atoms with Crippen molar-refractivity contribution in [3.63, 3.8) is 0 Å². The second-order valence-corrected chi connectivity index (χ2v) is 4.27. The van der Waals surface area contributed by atoms with E-state index in [0.29, 0.717) is 24.0 Å². The Morgan fingerprint density at radius 2 is 2.39 bits per heavy atom. The number of pyridine rings is 1. The van der Waals surface area contributed by atoms with E-state index in [1.807, 2.05) is 6.92 Å². The number of likely N-dealkylation sites (N-methyl/N-ethyl adjacent to an activating group) is 1. The maximum atomic E-state index is 11.8. The molecule has 18 heavy (non-hydrogen) atoms. The molecule has 1 unspecified atom stereocenters. The van der Waals surface area contributed by atoms with Crippen molar-refractivity contribution in [2.45, 2.75) is 19.4 Å². The van der Waals surface area contributed by atoms with E-state index in [1.54, 1.807) is 24.1 Å². The summed E-state index contributed by atoms with van der Waals surface area (Å²) >= 11 is 0. The lowest BCUT2D eigenvalue weighted by molar-refractivity contribution is -0.127. The van der Waals surface area contributed by atoms with E-state index in [4.69, 9.17) is 10.5 Å². The van der Waals surface area contributed by atoms with Gasteiger partial charge in [-0.2, -0.15) is 4.98 Å². The maximum Gasteiger partial charge on any atom is 0.244 e. The lowest BCUT2D eigenvalue weighted by Gasteiger charge is -2.14. The number of nitrogens with two attached hydrogens (primary N) is 1. The average molecular weight is 250 g/mol. The number of nitrogen functional groups attached to an aromatic ring is 1. The standard InChI is InChI=1S/C12H18N4O2/c1-3-18-11-8(13)4-5-10(15-11)14-9-6-7-16(2)12(9)17/h4-5,9H,3,6-7,13H2,1-2H3,(H,14,15). The summed E-state index contributed by atoms with van der Waals surface area (Å²) in [5.74, 6) is 1.11. The van der Waals surface area contributed by atoms with Crippen molar-refractivity contribution >= 4 is 17.4 Å².